The lowest BCUT2D eigenvalue weighted by atomic mass is 9.68. The number of unbranched alkanes of at least 4 members (excludes halogenated alkanes) is 2. The Hall–Kier alpha value is -2.07. The van der Waals surface area contributed by atoms with Crippen LogP contribution in [0.25, 0.3) is 11.1 Å². The van der Waals surface area contributed by atoms with Crippen molar-refractivity contribution < 1.29 is 0 Å². The summed E-state index contributed by atoms with van der Waals surface area (Å²) in [7, 11) is 0. The first kappa shape index (κ1) is 20.7. The lowest BCUT2D eigenvalue weighted by Gasteiger charge is -2.34. The second kappa shape index (κ2) is 9.92. The molecule has 1 saturated carbocycles. The Kier molecular flexibility index (Phi) is 7.32. The van der Waals surface area contributed by atoms with Crippen LogP contribution in [0.2, 0.25) is 0 Å². The van der Waals surface area contributed by atoms with E-state index in [1.54, 1.807) is 0 Å². The second-order valence-electron chi connectivity index (χ2n) is 8.94. The molecule has 1 heteroatoms. The molecule has 1 aliphatic carbocycles. The topological polar surface area (TPSA) is 23.8 Å². The summed E-state index contributed by atoms with van der Waals surface area (Å²) >= 11 is 0. The molecule has 148 valence electrons. The predicted octanol–water partition coefficient (Wildman–Crippen LogP) is 7.74. The van der Waals surface area contributed by atoms with Crippen LogP contribution in [0.3, 0.4) is 0 Å². The highest BCUT2D eigenvalue weighted by Crippen LogP contribution is 2.42. The van der Waals surface area contributed by atoms with Crippen molar-refractivity contribution in [3.05, 3.63) is 59.7 Å². The first-order valence-electron chi connectivity index (χ1n) is 11.2. The second-order valence-corrected chi connectivity index (χ2v) is 8.94. The molecule has 28 heavy (non-hydrogen) atoms. The van der Waals surface area contributed by atoms with Gasteiger partial charge in [0.15, 0.2) is 0 Å². The van der Waals surface area contributed by atoms with E-state index in [0.29, 0.717) is 5.92 Å². The van der Waals surface area contributed by atoms with Gasteiger partial charge in [0.1, 0.15) is 0 Å². The summed E-state index contributed by atoms with van der Waals surface area (Å²) in [5.41, 5.74) is 5.28. The number of hydrogen-bond donors (Lipinski definition) is 0. The van der Waals surface area contributed by atoms with E-state index in [1.807, 2.05) is 0 Å². The largest absolute Gasteiger partial charge is 0.198 e. The van der Waals surface area contributed by atoms with Gasteiger partial charge in [-0.2, -0.15) is 5.26 Å². The first-order chi connectivity index (χ1) is 13.6. The van der Waals surface area contributed by atoms with Gasteiger partial charge < -0.3 is 0 Å². The van der Waals surface area contributed by atoms with Crippen molar-refractivity contribution >= 4 is 0 Å². The van der Waals surface area contributed by atoms with Crippen molar-refractivity contribution in [2.45, 2.75) is 78.1 Å². The fourth-order valence-electron chi connectivity index (χ4n) is 4.74. The lowest BCUT2D eigenvalue weighted by Crippen LogP contribution is -2.26. The van der Waals surface area contributed by atoms with E-state index < -0.39 is 0 Å². The minimum Gasteiger partial charge on any atom is -0.198 e. The number of rotatable bonds is 8. The summed E-state index contributed by atoms with van der Waals surface area (Å²) in [4.78, 5) is 0. The molecule has 0 N–H and O–H groups in total. The Balaban J connectivity index is 1.58. The number of benzene rings is 2. The van der Waals surface area contributed by atoms with E-state index in [2.05, 4.69) is 68.4 Å². The van der Waals surface area contributed by atoms with Crippen molar-refractivity contribution in [2.75, 3.05) is 0 Å². The quantitative estimate of drug-likeness (QED) is 0.434. The zero-order chi connectivity index (χ0) is 19.8. The third-order valence-electron chi connectivity index (χ3n) is 6.53. The average Bonchev–Trinajstić information content (AvgIpc) is 2.73. The summed E-state index contributed by atoms with van der Waals surface area (Å²) in [6.45, 7) is 4.55. The van der Waals surface area contributed by atoms with E-state index >= 15 is 0 Å². The Morgan fingerprint density at radius 2 is 1.54 bits per heavy atom. The van der Waals surface area contributed by atoms with Crippen LogP contribution >= 0.6 is 0 Å². The Labute approximate surface area is 171 Å². The molecule has 2 atom stereocenters. The summed E-state index contributed by atoms with van der Waals surface area (Å²) < 4.78 is 0. The van der Waals surface area contributed by atoms with Gasteiger partial charge in [-0.15, -0.1) is 0 Å². The molecule has 0 aromatic heterocycles. The standard InChI is InChI=1S/C27H35N/c1-3-4-5-8-23-9-13-25(14-10-23)26-15-11-24(12-16-26)17-19-27(21-28)18-6-7-22(2)20-27/h9-16,22H,3-8,17-20H2,1-2H3. The molecule has 2 unspecified atom stereocenters. The Morgan fingerprint density at radius 3 is 2.07 bits per heavy atom. The maximum Gasteiger partial charge on any atom is 0.0689 e. The molecule has 1 aliphatic rings. The van der Waals surface area contributed by atoms with Crippen LogP contribution in [-0.4, -0.2) is 0 Å². The van der Waals surface area contributed by atoms with Crippen LogP contribution in [0.5, 0.6) is 0 Å². The maximum absolute atomic E-state index is 9.77. The molecule has 2 aromatic rings. The van der Waals surface area contributed by atoms with Crippen molar-refractivity contribution in [2.24, 2.45) is 11.3 Å². The number of aryl methyl sites for hydroxylation is 2. The highest BCUT2D eigenvalue weighted by Gasteiger charge is 2.34. The molecule has 0 aliphatic heterocycles. The Bertz CT molecular complexity index is 765. The molecular formula is C27H35N. The summed E-state index contributed by atoms with van der Waals surface area (Å²) in [6, 6.07) is 20.7. The smallest absolute Gasteiger partial charge is 0.0689 e. The van der Waals surface area contributed by atoms with E-state index in [-0.39, 0.29) is 5.41 Å². The van der Waals surface area contributed by atoms with Crippen LogP contribution in [0, 0.1) is 22.7 Å². The molecular weight excluding hydrogens is 338 g/mol. The van der Waals surface area contributed by atoms with Crippen molar-refractivity contribution in [3.63, 3.8) is 0 Å². The van der Waals surface area contributed by atoms with Gasteiger partial charge >= 0.3 is 0 Å². The highest BCUT2D eigenvalue weighted by molar-refractivity contribution is 5.64. The molecule has 0 amide bonds. The molecule has 0 bridgehead atoms. The molecule has 0 heterocycles. The molecule has 0 radical (unpaired) electrons. The summed E-state index contributed by atoms with van der Waals surface area (Å²) in [5.74, 6) is 0.695. The average molecular weight is 374 g/mol. The van der Waals surface area contributed by atoms with Crippen molar-refractivity contribution in [3.8, 4) is 17.2 Å². The SMILES string of the molecule is CCCCCc1ccc(-c2ccc(CCC3(C#N)CCCC(C)C3)cc2)cc1. The number of nitrogens with zero attached hydrogens (tertiary/aromatic N) is 1. The minimum atomic E-state index is -0.0933. The number of hydrogen-bond acceptors (Lipinski definition) is 1. The summed E-state index contributed by atoms with van der Waals surface area (Å²) in [6.07, 6.45) is 11.7. The van der Waals surface area contributed by atoms with Gasteiger partial charge in [0.25, 0.3) is 0 Å². The van der Waals surface area contributed by atoms with Crippen LogP contribution < -0.4 is 0 Å². The van der Waals surface area contributed by atoms with Gasteiger partial charge in [0.05, 0.1) is 11.5 Å². The van der Waals surface area contributed by atoms with Gasteiger partial charge in [-0.3, -0.25) is 0 Å². The molecule has 0 spiro atoms. The van der Waals surface area contributed by atoms with Gasteiger partial charge in [-0.05, 0) is 66.7 Å². The first-order valence-corrected chi connectivity index (χ1v) is 11.2. The lowest BCUT2D eigenvalue weighted by molar-refractivity contribution is 0.197. The van der Waals surface area contributed by atoms with E-state index in [1.165, 1.54) is 60.8 Å². The van der Waals surface area contributed by atoms with Crippen molar-refractivity contribution in [1.82, 2.24) is 0 Å². The third-order valence-corrected chi connectivity index (χ3v) is 6.53. The minimum absolute atomic E-state index is 0.0933. The van der Waals surface area contributed by atoms with Crippen molar-refractivity contribution in [1.29, 1.82) is 5.26 Å². The molecule has 1 fully saturated rings. The van der Waals surface area contributed by atoms with E-state index in [4.69, 9.17) is 0 Å². The van der Waals surface area contributed by atoms with Crippen LogP contribution in [0.1, 0.15) is 76.3 Å². The van der Waals surface area contributed by atoms with Gasteiger partial charge in [0, 0.05) is 0 Å². The molecule has 1 nitrogen and oxygen atoms in total. The zero-order valence-corrected chi connectivity index (χ0v) is 17.7. The van der Waals surface area contributed by atoms with Gasteiger partial charge in [-0.25, -0.2) is 0 Å². The predicted molar refractivity (Wildman–Crippen MR) is 119 cm³/mol. The van der Waals surface area contributed by atoms with Crippen LogP contribution in [0.15, 0.2) is 48.5 Å². The number of nitriles is 1. The summed E-state index contributed by atoms with van der Waals surface area (Å²) in [5, 5.41) is 9.77. The Morgan fingerprint density at radius 1 is 0.929 bits per heavy atom. The van der Waals surface area contributed by atoms with Gasteiger partial charge in [-0.1, -0.05) is 88.1 Å². The fourth-order valence-corrected chi connectivity index (χ4v) is 4.74. The van der Waals surface area contributed by atoms with Crippen LogP contribution in [-0.2, 0) is 12.8 Å². The fraction of sp³-hybridized carbons (Fsp3) is 0.519. The highest BCUT2D eigenvalue weighted by atomic mass is 14.4. The van der Waals surface area contributed by atoms with Gasteiger partial charge in [0.2, 0.25) is 0 Å². The zero-order valence-electron chi connectivity index (χ0n) is 17.7. The molecule has 3 rings (SSSR count). The normalized spacial score (nSPS) is 22.0. The third kappa shape index (κ3) is 5.48. The monoisotopic (exact) mass is 373 g/mol. The maximum atomic E-state index is 9.77. The molecule has 2 aromatic carbocycles. The van der Waals surface area contributed by atoms with E-state index in [9.17, 15) is 5.26 Å². The van der Waals surface area contributed by atoms with E-state index in [0.717, 1.165) is 25.7 Å². The van der Waals surface area contributed by atoms with Crippen LogP contribution in [0.4, 0.5) is 0 Å². The molecule has 0 saturated heterocycles.